The molecule has 1 heterocycles. The van der Waals surface area contributed by atoms with E-state index in [4.69, 9.17) is 21.1 Å². The maximum atomic E-state index is 14.0. The minimum Gasteiger partial charge on any atom is -0.454 e. The summed E-state index contributed by atoms with van der Waals surface area (Å²) in [4.78, 5) is 29.3. The fourth-order valence-corrected chi connectivity index (χ4v) is 6.05. The third kappa shape index (κ3) is 9.11. The van der Waals surface area contributed by atoms with Crippen LogP contribution in [0.15, 0.2) is 72.8 Å². The van der Waals surface area contributed by atoms with Crippen molar-refractivity contribution < 1.29 is 27.5 Å². The summed E-state index contributed by atoms with van der Waals surface area (Å²) in [6, 6.07) is 20.8. The lowest BCUT2D eigenvalue weighted by Gasteiger charge is -2.34. The number of nitrogens with one attached hydrogen (secondary N) is 1. The Hall–Kier alpha value is -3.76. The molecule has 0 saturated carbocycles. The van der Waals surface area contributed by atoms with E-state index in [1.807, 2.05) is 57.2 Å². The summed E-state index contributed by atoms with van der Waals surface area (Å²) < 4.78 is 37.5. The van der Waals surface area contributed by atoms with E-state index in [1.54, 1.807) is 41.3 Å². The Kier molecular flexibility index (Phi) is 10.2. The summed E-state index contributed by atoms with van der Waals surface area (Å²) in [5.74, 6) is 0.458. The third-order valence-electron chi connectivity index (χ3n) is 6.81. The second kappa shape index (κ2) is 13.7. The van der Waals surface area contributed by atoms with Crippen molar-refractivity contribution in [2.75, 3.05) is 23.9 Å². The molecular weight excluding hydrogens is 590 g/mol. The van der Waals surface area contributed by atoms with Crippen molar-refractivity contribution in [1.29, 1.82) is 0 Å². The lowest BCUT2D eigenvalue weighted by molar-refractivity contribution is -0.142. The predicted octanol–water partition coefficient (Wildman–Crippen LogP) is 5.17. The number of anilines is 1. The van der Waals surface area contributed by atoms with Gasteiger partial charge >= 0.3 is 0 Å². The number of halogens is 1. The maximum absolute atomic E-state index is 14.0. The van der Waals surface area contributed by atoms with Crippen molar-refractivity contribution in [1.82, 2.24) is 10.2 Å². The predicted molar refractivity (Wildman–Crippen MR) is 168 cm³/mol. The number of rotatable bonds is 12. The fraction of sp³-hybridized carbons (Fsp3) is 0.375. The highest BCUT2D eigenvalue weighted by molar-refractivity contribution is 7.92. The SMILES string of the molecule is CC(C)(C)NC(=O)[C@H](Cc1ccccc1)N(Cc1cccc(Cl)c1)C(=O)CCCN(c1ccc2c(c1)OCO2)S(C)(=O)=O. The molecule has 3 aromatic rings. The van der Waals surface area contributed by atoms with Crippen molar-refractivity contribution in [3.8, 4) is 11.5 Å². The van der Waals surface area contributed by atoms with Gasteiger partial charge in [-0.05, 0) is 62.6 Å². The Morgan fingerprint density at radius 3 is 2.33 bits per heavy atom. The summed E-state index contributed by atoms with van der Waals surface area (Å²) in [6.45, 7) is 5.97. The van der Waals surface area contributed by atoms with Crippen LogP contribution < -0.4 is 19.1 Å². The van der Waals surface area contributed by atoms with Crippen molar-refractivity contribution in [3.63, 3.8) is 0 Å². The molecular formula is C32H38ClN3O6S. The first-order valence-electron chi connectivity index (χ1n) is 14.1. The van der Waals surface area contributed by atoms with Crippen LogP contribution in [-0.2, 0) is 32.6 Å². The van der Waals surface area contributed by atoms with E-state index in [2.05, 4.69) is 5.32 Å². The number of amides is 2. The average Bonchev–Trinajstić information content (AvgIpc) is 3.40. The molecule has 0 unspecified atom stereocenters. The number of carbonyl (C=O) groups is 2. The van der Waals surface area contributed by atoms with Gasteiger partial charge in [0.15, 0.2) is 11.5 Å². The number of ether oxygens (including phenoxy) is 2. The number of sulfonamides is 1. The monoisotopic (exact) mass is 627 g/mol. The van der Waals surface area contributed by atoms with Gasteiger partial charge in [-0.3, -0.25) is 13.9 Å². The third-order valence-corrected chi connectivity index (χ3v) is 8.24. The van der Waals surface area contributed by atoms with E-state index in [0.29, 0.717) is 28.6 Å². The van der Waals surface area contributed by atoms with Crippen LogP contribution in [0.4, 0.5) is 5.69 Å². The van der Waals surface area contributed by atoms with Crippen LogP contribution >= 0.6 is 11.6 Å². The van der Waals surface area contributed by atoms with Crippen molar-refractivity contribution in [3.05, 3.63) is 88.9 Å². The van der Waals surface area contributed by atoms with E-state index in [0.717, 1.165) is 17.4 Å². The number of fused-ring (bicyclic) bond motifs is 1. The van der Waals surface area contributed by atoms with Gasteiger partial charge in [0, 0.05) is 42.6 Å². The first-order valence-corrected chi connectivity index (χ1v) is 16.3. The minimum absolute atomic E-state index is 0.0191. The highest BCUT2D eigenvalue weighted by atomic mass is 35.5. The Balaban J connectivity index is 1.59. The molecule has 43 heavy (non-hydrogen) atoms. The van der Waals surface area contributed by atoms with Crippen LogP contribution in [0.2, 0.25) is 5.02 Å². The molecule has 230 valence electrons. The molecule has 3 aromatic carbocycles. The number of benzene rings is 3. The number of hydrogen-bond donors (Lipinski definition) is 1. The summed E-state index contributed by atoms with van der Waals surface area (Å²) >= 11 is 6.26. The van der Waals surface area contributed by atoms with Gasteiger partial charge in [0.2, 0.25) is 28.6 Å². The van der Waals surface area contributed by atoms with Gasteiger partial charge in [-0.25, -0.2) is 8.42 Å². The van der Waals surface area contributed by atoms with Crippen LogP contribution in [-0.4, -0.2) is 56.3 Å². The minimum atomic E-state index is -3.66. The first kappa shape index (κ1) is 32.2. The van der Waals surface area contributed by atoms with Crippen molar-refractivity contribution in [2.24, 2.45) is 0 Å². The molecule has 1 aliphatic heterocycles. The summed E-state index contributed by atoms with van der Waals surface area (Å²) in [6.07, 6.45) is 1.68. The Labute approximate surface area is 258 Å². The molecule has 0 fully saturated rings. The zero-order valence-corrected chi connectivity index (χ0v) is 26.5. The van der Waals surface area contributed by atoms with E-state index >= 15 is 0 Å². The van der Waals surface area contributed by atoms with Crippen LogP contribution in [0.3, 0.4) is 0 Å². The highest BCUT2D eigenvalue weighted by Gasteiger charge is 2.32. The van der Waals surface area contributed by atoms with Gasteiger partial charge < -0.3 is 19.7 Å². The van der Waals surface area contributed by atoms with E-state index in [1.165, 1.54) is 4.31 Å². The topological polar surface area (TPSA) is 105 Å². The average molecular weight is 628 g/mol. The molecule has 1 aliphatic rings. The van der Waals surface area contributed by atoms with Gasteiger partial charge in [0.25, 0.3) is 0 Å². The highest BCUT2D eigenvalue weighted by Crippen LogP contribution is 2.36. The molecule has 0 saturated heterocycles. The Morgan fingerprint density at radius 2 is 1.65 bits per heavy atom. The molecule has 1 atom stereocenters. The molecule has 11 heteroatoms. The van der Waals surface area contributed by atoms with Gasteiger partial charge in [-0.2, -0.15) is 0 Å². The smallest absolute Gasteiger partial charge is 0.243 e. The van der Waals surface area contributed by atoms with Crippen molar-refractivity contribution >= 4 is 39.1 Å². The Morgan fingerprint density at radius 1 is 0.953 bits per heavy atom. The molecule has 0 aliphatic carbocycles. The molecule has 4 rings (SSSR count). The maximum Gasteiger partial charge on any atom is 0.243 e. The summed E-state index contributed by atoms with van der Waals surface area (Å²) in [5, 5.41) is 3.56. The molecule has 2 amide bonds. The molecule has 0 spiro atoms. The molecule has 9 nitrogen and oxygen atoms in total. The standard InChI is InChI=1S/C32H38ClN3O6S/c1-32(2,3)34-31(38)27(19-23-10-6-5-7-11-23)35(21-24-12-8-13-25(33)18-24)30(37)14-9-17-36(43(4,39)40)26-15-16-28-29(20-26)42-22-41-28/h5-8,10-13,15-16,18,20,27H,9,14,17,19,21-22H2,1-4H3,(H,34,38)/t27-/m0/s1. The first-order chi connectivity index (χ1) is 20.3. The van der Waals surface area contributed by atoms with E-state index in [9.17, 15) is 18.0 Å². The van der Waals surface area contributed by atoms with Crippen LogP contribution in [0.25, 0.3) is 0 Å². The molecule has 0 aromatic heterocycles. The lowest BCUT2D eigenvalue weighted by Crippen LogP contribution is -2.54. The number of hydrogen-bond acceptors (Lipinski definition) is 6. The zero-order valence-electron chi connectivity index (χ0n) is 24.9. The normalized spacial score (nSPS) is 13.3. The fourth-order valence-electron chi connectivity index (χ4n) is 4.88. The van der Waals surface area contributed by atoms with Crippen LogP contribution in [0, 0.1) is 0 Å². The van der Waals surface area contributed by atoms with Crippen molar-refractivity contribution in [2.45, 2.75) is 58.2 Å². The molecule has 1 N–H and O–H groups in total. The van der Waals surface area contributed by atoms with Crippen LogP contribution in [0.1, 0.15) is 44.7 Å². The second-order valence-electron chi connectivity index (χ2n) is 11.6. The second-order valence-corrected chi connectivity index (χ2v) is 13.9. The summed E-state index contributed by atoms with van der Waals surface area (Å²) in [5.41, 5.74) is 1.59. The van der Waals surface area contributed by atoms with E-state index < -0.39 is 21.6 Å². The lowest BCUT2D eigenvalue weighted by atomic mass is 10.00. The summed E-state index contributed by atoms with van der Waals surface area (Å²) in [7, 11) is -3.66. The molecule has 0 bridgehead atoms. The quantitative estimate of drug-likeness (QED) is 0.297. The number of nitrogens with zero attached hydrogens (tertiary/aromatic N) is 2. The van der Waals surface area contributed by atoms with Gasteiger partial charge in [0.05, 0.1) is 11.9 Å². The number of carbonyl (C=O) groups excluding carboxylic acids is 2. The van der Waals surface area contributed by atoms with Gasteiger partial charge in [-0.1, -0.05) is 54.1 Å². The molecule has 0 radical (unpaired) electrons. The van der Waals surface area contributed by atoms with Crippen LogP contribution in [0.5, 0.6) is 11.5 Å². The zero-order chi connectivity index (χ0) is 31.2. The van der Waals surface area contributed by atoms with E-state index in [-0.39, 0.29) is 44.5 Å². The Bertz CT molecular complexity index is 1540. The largest absolute Gasteiger partial charge is 0.454 e. The van der Waals surface area contributed by atoms with Gasteiger partial charge in [-0.15, -0.1) is 0 Å². The van der Waals surface area contributed by atoms with Gasteiger partial charge in [0.1, 0.15) is 6.04 Å².